The summed E-state index contributed by atoms with van der Waals surface area (Å²) in [6, 6.07) is 13.5. The van der Waals surface area contributed by atoms with Gasteiger partial charge in [0.15, 0.2) is 11.6 Å². The Morgan fingerprint density at radius 3 is 2.56 bits per heavy atom. The number of nitrogens with one attached hydrogen (secondary N) is 2. The van der Waals surface area contributed by atoms with Gasteiger partial charge in [-0.2, -0.15) is 0 Å². The molecular formula is C19H23FN2O3. The van der Waals surface area contributed by atoms with E-state index in [-0.39, 0.29) is 11.7 Å². The molecule has 3 N–H and O–H groups in total. The Kier molecular flexibility index (Phi) is 6.77. The predicted octanol–water partition coefficient (Wildman–Crippen LogP) is 3.51. The first-order valence-electron chi connectivity index (χ1n) is 8.11. The minimum Gasteiger partial charge on any atom is -0.494 e. The smallest absolute Gasteiger partial charge is 0.319 e. The summed E-state index contributed by atoms with van der Waals surface area (Å²) >= 11 is 0. The van der Waals surface area contributed by atoms with Crippen LogP contribution in [0.15, 0.2) is 48.5 Å². The normalized spacial score (nSPS) is 13.0. The molecular weight excluding hydrogens is 323 g/mol. The van der Waals surface area contributed by atoms with E-state index in [1.807, 2.05) is 30.3 Å². The summed E-state index contributed by atoms with van der Waals surface area (Å²) in [7, 11) is 1.38. The van der Waals surface area contributed by atoms with Crippen LogP contribution >= 0.6 is 0 Å². The number of hydrogen-bond acceptors (Lipinski definition) is 3. The Morgan fingerprint density at radius 1 is 1.24 bits per heavy atom. The molecule has 0 aliphatic rings. The van der Waals surface area contributed by atoms with Gasteiger partial charge < -0.3 is 20.5 Å². The number of hydrogen-bond donors (Lipinski definition) is 3. The number of carbonyl (C=O) groups is 1. The van der Waals surface area contributed by atoms with Crippen LogP contribution in [-0.4, -0.2) is 30.9 Å². The number of aliphatic hydroxyl groups is 1. The molecule has 5 nitrogen and oxygen atoms in total. The number of aliphatic hydroxyl groups excluding tert-OH is 1. The Labute approximate surface area is 146 Å². The van der Waals surface area contributed by atoms with Crippen molar-refractivity contribution in [1.29, 1.82) is 0 Å². The van der Waals surface area contributed by atoms with Gasteiger partial charge in [0, 0.05) is 24.2 Å². The second-order valence-electron chi connectivity index (χ2n) is 5.88. The van der Waals surface area contributed by atoms with Crippen LogP contribution in [0.2, 0.25) is 0 Å². The summed E-state index contributed by atoms with van der Waals surface area (Å²) in [5.74, 6) is -0.442. The van der Waals surface area contributed by atoms with Crippen molar-refractivity contribution in [1.82, 2.24) is 5.32 Å². The van der Waals surface area contributed by atoms with E-state index in [4.69, 9.17) is 4.74 Å². The molecule has 0 radical (unpaired) electrons. The van der Waals surface area contributed by atoms with Crippen molar-refractivity contribution in [2.24, 2.45) is 0 Å². The molecule has 2 atom stereocenters. The van der Waals surface area contributed by atoms with Gasteiger partial charge in [-0.25, -0.2) is 9.18 Å². The molecule has 2 rings (SSSR count). The van der Waals surface area contributed by atoms with Crippen LogP contribution in [0, 0.1) is 5.82 Å². The van der Waals surface area contributed by atoms with Gasteiger partial charge >= 0.3 is 6.03 Å². The Hall–Kier alpha value is -2.60. The standard InChI is InChI=1S/C19H23FN2O3/c1-13(23)10-15(14-6-4-3-5-7-14)12-21-19(24)22-16-8-9-18(25-2)17(20)11-16/h3-9,11,13,15,23H,10,12H2,1-2H3,(H2,21,22,24). The largest absolute Gasteiger partial charge is 0.494 e. The molecule has 0 aliphatic carbocycles. The first kappa shape index (κ1) is 18.7. The second kappa shape index (κ2) is 9.03. The Morgan fingerprint density at radius 2 is 1.96 bits per heavy atom. The molecule has 0 spiro atoms. The van der Waals surface area contributed by atoms with Crippen molar-refractivity contribution < 1.29 is 19.0 Å². The fourth-order valence-electron chi connectivity index (χ4n) is 2.61. The maximum atomic E-state index is 13.7. The quantitative estimate of drug-likeness (QED) is 0.718. The number of amides is 2. The molecule has 2 aromatic carbocycles. The zero-order valence-electron chi connectivity index (χ0n) is 14.3. The SMILES string of the molecule is COc1ccc(NC(=O)NCC(CC(C)O)c2ccccc2)cc1F. The zero-order valence-corrected chi connectivity index (χ0v) is 14.3. The van der Waals surface area contributed by atoms with E-state index in [0.717, 1.165) is 5.56 Å². The van der Waals surface area contributed by atoms with Crippen molar-refractivity contribution in [2.75, 3.05) is 19.0 Å². The highest BCUT2D eigenvalue weighted by atomic mass is 19.1. The van der Waals surface area contributed by atoms with Crippen LogP contribution < -0.4 is 15.4 Å². The minimum atomic E-state index is -0.545. The van der Waals surface area contributed by atoms with Gasteiger partial charge in [-0.1, -0.05) is 30.3 Å². The molecule has 0 saturated heterocycles. The van der Waals surface area contributed by atoms with Gasteiger partial charge in [-0.15, -0.1) is 0 Å². The molecule has 2 amide bonds. The molecule has 0 aliphatic heterocycles. The number of urea groups is 1. The van der Waals surface area contributed by atoms with E-state index in [2.05, 4.69) is 10.6 Å². The third-order valence-corrected chi connectivity index (χ3v) is 3.82. The van der Waals surface area contributed by atoms with E-state index in [1.54, 1.807) is 13.0 Å². The van der Waals surface area contributed by atoms with Gasteiger partial charge in [0.05, 0.1) is 13.2 Å². The average molecular weight is 346 g/mol. The number of methoxy groups -OCH3 is 1. The summed E-state index contributed by atoms with van der Waals surface area (Å²) in [6.07, 6.45) is 0.0484. The molecule has 2 unspecified atom stereocenters. The number of carbonyl (C=O) groups excluding carboxylic acids is 1. The molecule has 0 heterocycles. The van der Waals surface area contributed by atoms with Crippen molar-refractivity contribution in [3.05, 3.63) is 59.9 Å². The monoisotopic (exact) mass is 346 g/mol. The van der Waals surface area contributed by atoms with Gasteiger partial charge in [0.1, 0.15) is 0 Å². The lowest BCUT2D eigenvalue weighted by Gasteiger charge is -2.20. The van der Waals surface area contributed by atoms with E-state index < -0.39 is 18.0 Å². The van der Waals surface area contributed by atoms with E-state index in [0.29, 0.717) is 18.7 Å². The summed E-state index contributed by atoms with van der Waals surface area (Å²) in [4.78, 5) is 12.1. The van der Waals surface area contributed by atoms with Crippen LogP contribution in [0.4, 0.5) is 14.9 Å². The van der Waals surface area contributed by atoms with E-state index in [9.17, 15) is 14.3 Å². The molecule has 0 fully saturated rings. The van der Waals surface area contributed by atoms with Gasteiger partial charge in [-0.05, 0) is 31.0 Å². The third kappa shape index (κ3) is 5.76. The van der Waals surface area contributed by atoms with Crippen molar-refractivity contribution in [3.63, 3.8) is 0 Å². The van der Waals surface area contributed by atoms with E-state index >= 15 is 0 Å². The fraction of sp³-hybridized carbons (Fsp3) is 0.316. The van der Waals surface area contributed by atoms with Crippen LogP contribution in [0.5, 0.6) is 5.75 Å². The number of halogens is 1. The number of rotatable bonds is 7. The second-order valence-corrected chi connectivity index (χ2v) is 5.88. The summed E-state index contributed by atoms with van der Waals surface area (Å²) in [5.41, 5.74) is 1.38. The molecule has 2 aromatic rings. The summed E-state index contributed by atoms with van der Waals surface area (Å²) in [6.45, 7) is 2.08. The number of ether oxygens (including phenoxy) is 1. The lowest BCUT2D eigenvalue weighted by atomic mass is 9.93. The highest BCUT2D eigenvalue weighted by Crippen LogP contribution is 2.22. The van der Waals surface area contributed by atoms with Crippen LogP contribution in [0.3, 0.4) is 0 Å². The average Bonchev–Trinajstić information content (AvgIpc) is 2.59. The van der Waals surface area contributed by atoms with Crippen LogP contribution in [0.1, 0.15) is 24.8 Å². The Balaban J connectivity index is 1.95. The topological polar surface area (TPSA) is 70.6 Å². The highest BCUT2D eigenvalue weighted by molar-refractivity contribution is 5.89. The van der Waals surface area contributed by atoms with Crippen molar-refractivity contribution in [3.8, 4) is 5.75 Å². The van der Waals surface area contributed by atoms with E-state index in [1.165, 1.54) is 19.2 Å². The summed E-state index contributed by atoms with van der Waals surface area (Å²) in [5, 5.41) is 15.0. The maximum absolute atomic E-state index is 13.7. The van der Waals surface area contributed by atoms with Crippen molar-refractivity contribution in [2.45, 2.75) is 25.4 Å². The molecule has 134 valence electrons. The highest BCUT2D eigenvalue weighted by Gasteiger charge is 2.15. The molecule has 0 bridgehead atoms. The third-order valence-electron chi connectivity index (χ3n) is 3.82. The van der Waals surface area contributed by atoms with Crippen LogP contribution in [0.25, 0.3) is 0 Å². The fourth-order valence-corrected chi connectivity index (χ4v) is 2.61. The Bertz CT molecular complexity index is 692. The molecule has 0 aromatic heterocycles. The van der Waals surface area contributed by atoms with Crippen LogP contribution in [-0.2, 0) is 0 Å². The minimum absolute atomic E-state index is 0.0143. The van der Waals surface area contributed by atoms with Crippen molar-refractivity contribution >= 4 is 11.7 Å². The maximum Gasteiger partial charge on any atom is 0.319 e. The molecule has 0 saturated carbocycles. The zero-order chi connectivity index (χ0) is 18.2. The number of benzene rings is 2. The first-order valence-corrected chi connectivity index (χ1v) is 8.11. The first-order chi connectivity index (χ1) is 12.0. The van der Waals surface area contributed by atoms with Gasteiger partial charge in [-0.3, -0.25) is 0 Å². The number of anilines is 1. The van der Waals surface area contributed by atoms with Gasteiger partial charge in [0.25, 0.3) is 0 Å². The summed E-state index contributed by atoms with van der Waals surface area (Å²) < 4.78 is 18.5. The predicted molar refractivity (Wildman–Crippen MR) is 95.5 cm³/mol. The molecule has 25 heavy (non-hydrogen) atoms. The lowest BCUT2D eigenvalue weighted by molar-refractivity contribution is 0.173. The lowest BCUT2D eigenvalue weighted by Crippen LogP contribution is -2.33. The van der Waals surface area contributed by atoms with Gasteiger partial charge in [0.2, 0.25) is 0 Å². The molecule has 6 heteroatoms.